The first-order valence-electron chi connectivity index (χ1n) is 7.46. The van der Waals surface area contributed by atoms with Crippen molar-refractivity contribution in [3.05, 3.63) is 52.7 Å². The number of halogens is 1. The Hall–Kier alpha value is -2.30. The van der Waals surface area contributed by atoms with Gasteiger partial charge in [-0.1, -0.05) is 12.1 Å². The highest BCUT2D eigenvalue weighted by Gasteiger charge is 2.22. The van der Waals surface area contributed by atoms with Crippen molar-refractivity contribution in [2.45, 2.75) is 30.2 Å². The Labute approximate surface area is 154 Å². The van der Waals surface area contributed by atoms with Crippen LogP contribution in [-0.4, -0.2) is 26.4 Å². The van der Waals surface area contributed by atoms with Crippen LogP contribution in [0.5, 0.6) is 0 Å². The Bertz CT molecular complexity index is 909. The summed E-state index contributed by atoms with van der Waals surface area (Å²) >= 11 is 0.784. The maximum atomic E-state index is 12.9. The third-order valence-corrected chi connectivity index (χ3v) is 5.86. The number of thiophene rings is 1. The summed E-state index contributed by atoms with van der Waals surface area (Å²) in [6.45, 7) is 3.09. The number of nitrogens with two attached hydrogens (primary N) is 1. The summed E-state index contributed by atoms with van der Waals surface area (Å²) in [6, 6.07) is 6.31. The van der Waals surface area contributed by atoms with Crippen LogP contribution in [0.3, 0.4) is 0 Å². The number of hydrogen-bond donors (Lipinski definition) is 2. The third-order valence-electron chi connectivity index (χ3n) is 3.47. The summed E-state index contributed by atoms with van der Waals surface area (Å²) < 4.78 is 40.2. The maximum absolute atomic E-state index is 12.9. The summed E-state index contributed by atoms with van der Waals surface area (Å²) in [6.07, 6.45) is -1.11. The average molecular weight is 400 g/mol. The number of benzene rings is 1. The molecule has 0 aliphatic heterocycles. The van der Waals surface area contributed by atoms with Gasteiger partial charge in [0.2, 0.25) is 10.0 Å². The number of carbonyl (C=O) groups is 2. The molecule has 2 unspecified atom stereocenters. The Morgan fingerprint density at radius 2 is 1.85 bits per heavy atom. The number of primary sulfonamides is 1. The molecule has 2 rings (SSSR count). The first-order chi connectivity index (χ1) is 12.1. The first-order valence-corrected chi connectivity index (χ1v) is 9.88. The molecule has 0 aliphatic carbocycles. The van der Waals surface area contributed by atoms with Gasteiger partial charge in [0.25, 0.3) is 5.91 Å². The van der Waals surface area contributed by atoms with Gasteiger partial charge in [0.1, 0.15) is 10.0 Å². The summed E-state index contributed by atoms with van der Waals surface area (Å²) in [5, 5.41) is 8.92. The van der Waals surface area contributed by atoms with E-state index in [1.165, 1.54) is 36.6 Å². The van der Waals surface area contributed by atoms with Gasteiger partial charge in [-0.2, -0.15) is 0 Å². The van der Waals surface area contributed by atoms with Crippen molar-refractivity contribution < 1.29 is 27.1 Å². The molecule has 1 aromatic carbocycles. The molecule has 10 heteroatoms. The van der Waals surface area contributed by atoms with Crippen LogP contribution >= 0.6 is 11.3 Å². The van der Waals surface area contributed by atoms with Crippen LogP contribution in [0.1, 0.15) is 35.8 Å². The molecule has 0 radical (unpaired) electrons. The van der Waals surface area contributed by atoms with Gasteiger partial charge in [-0.3, -0.25) is 4.79 Å². The highest BCUT2D eigenvalue weighted by Crippen LogP contribution is 2.20. The highest BCUT2D eigenvalue weighted by atomic mass is 32.2. The molecule has 3 N–H and O–H groups in total. The Morgan fingerprint density at radius 3 is 2.38 bits per heavy atom. The molecular formula is C16H17FN2O5S2. The third kappa shape index (κ3) is 5.10. The number of nitrogens with one attached hydrogen (secondary N) is 1. The van der Waals surface area contributed by atoms with E-state index in [0.717, 1.165) is 17.4 Å². The van der Waals surface area contributed by atoms with E-state index in [4.69, 9.17) is 9.88 Å². The fourth-order valence-corrected chi connectivity index (χ4v) is 3.59. The van der Waals surface area contributed by atoms with Crippen molar-refractivity contribution in [2.75, 3.05) is 0 Å². The molecule has 0 saturated carbocycles. The van der Waals surface area contributed by atoms with Crippen molar-refractivity contribution in [3.8, 4) is 0 Å². The van der Waals surface area contributed by atoms with Gasteiger partial charge < -0.3 is 10.1 Å². The number of amides is 1. The van der Waals surface area contributed by atoms with E-state index < -0.39 is 34.0 Å². The number of sulfonamides is 1. The number of hydrogen-bond acceptors (Lipinski definition) is 6. The van der Waals surface area contributed by atoms with Gasteiger partial charge in [-0.25, -0.2) is 22.7 Å². The van der Waals surface area contributed by atoms with E-state index >= 15 is 0 Å². The summed E-state index contributed by atoms with van der Waals surface area (Å²) in [5.41, 5.74) is 0.680. The van der Waals surface area contributed by atoms with Gasteiger partial charge in [0.15, 0.2) is 6.10 Å². The lowest BCUT2D eigenvalue weighted by molar-refractivity contribution is -0.129. The van der Waals surface area contributed by atoms with Crippen molar-refractivity contribution in [1.82, 2.24) is 5.32 Å². The zero-order valence-corrected chi connectivity index (χ0v) is 15.6. The Morgan fingerprint density at radius 1 is 1.23 bits per heavy atom. The van der Waals surface area contributed by atoms with Crippen molar-refractivity contribution in [2.24, 2.45) is 5.14 Å². The number of rotatable bonds is 6. The van der Waals surface area contributed by atoms with Crippen LogP contribution < -0.4 is 10.5 Å². The van der Waals surface area contributed by atoms with Crippen LogP contribution in [0, 0.1) is 5.82 Å². The van der Waals surface area contributed by atoms with Crippen LogP contribution in [0.15, 0.2) is 39.9 Å². The minimum Gasteiger partial charge on any atom is -0.449 e. The van der Waals surface area contributed by atoms with Gasteiger partial charge in [0.05, 0.1) is 11.6 Å². The first kappa shape index (κ1) is 20.0. The van der Waals surface area contributed by atoms with Crippen molar-refractivity contribution in [1.29, 1.82) is 0 Å². The van der Waals surface area contributed by atoms with Crippen LogP contribution in [0.4, 0.5) is 4.39 Å². The van der Waals surface area contributed by atoms with E-state index in [9.17, 15) is 22.4 Å². The molecule has 1 amide bonds. The van der Waals surface area contributed by atoms with Gasteiger partial charge in [-0.15, -0.1) is 11.3 Å². The molecule has 0 saturated heterocycles. The van der Waals surface area contributed by atoms with E-state index in [-0.39, 0.29) is 15.6 Å². The van der Waals surface area contributed by atoms with Gasteiger partial charge >= 0.3 is 5.97 Å². The smallest absolute Gasteiger partial charge is 0.339 e. The lowest BCUT2D eigenvalue weighted by Crippen LogP contribution is -2.37. The molecule has 0 fully saturated rings. The maximum Gasteiger partial charge on any atom is 0.339 e. The molecule has 2 atom stereocenters. The number of esters is 1. The standard InChI is InChI=1S/C16H17FN2O5S2/c1-9(11-3-5-13(17)6-4-11)19-15(20)10(2)24-16(21)12-7-14(25-8-12)26(18,22)23/h3-10H,1-2H3,(H,19,20)(H2,18,22,23). The SMILES string of the molecule is CC(OC(=O)c1csc(S(N)(=O)=O)c1)C(=O)NC(C)c1ccc(F)cc1. The normalized spacial score (nSPS) is 13.7. The van der Waals surface area contributed by atoms with Crippen molar-refractivity contribution >= 4 is 33.2 Å². The molecule has 2 aromatic rings. The van der Waals surface area contributed by atoms with Crippen LogP contribution in [0.25, 0.3) is 0 Å². The monoisotopic (exact) mass is 400 g/mol. The van der Waals surface area contributed by atoms with Gasteiger partial charge in [-0.05, 0) is 37.6 Å². The predicted molar refractivity (Wildman–Crippen MR) is 93.5 cm³/mol. The van der Waals surface area contributed by atoms with E-state index in [1.54, 1.807) is 6.92 Å². The quantitative estimate of drug-likeness (QED) is 0.719. The van der Waals surface area contributed by atoms with Crippen molar-refractivity contribution in [3.63, 3.8) is 0 Å². The summed E-state index contributed by atoms with van der Waals surface area (Å²) in [7, 11) is -3.91. The Kier molecular flexibility index (Phi) is 6.11. The van der Waals surface area contributed by atoms with Crippen LogP contribution in [-0.2, 0) is 19.6 Å². The molecular weight excluding hydrogens is 383 g/mol. The topological polar surface area (TPSA) is 116 Å². The lowest BCUT2D eigenvalue weighted by atomic mass is 10.1. The number of ether oxygens (including phenoxy) is 1. The second kappa shape index (κ2) is 7.94. The average Bonchev–Trinajstić information content (AvgIpc) is 3.05. The second-order valence-electron chi connectivity index (χ2n) is 5.53. The Balaban J connectivity index is 1.96. The molecule has 0 aliphatic rings. The molecule has 1 aromatic heterocycles. The van der Waals surface area contributed by atoms with Crippen LogP contribution in [0.2, 0.25) is 0 Å². The zero-order valence-electron chi connectivity index (χ0n) is 13.9. The predicted octanol–water partition coefficient (Wildman–Crippen LogP) is 1.96. The fourth-order valence-electron chi connectivity index (χ4n) is 2.02. The minimum atomic E-state index is -3.91. The summed E-state index contributed by atoms with van der Waals surface area (Å²) in [5.74, 6) is -1.77. The molecule has 0 spiro atoms. The molecule has 7 nitrogen and oxygen atoms in total. The molecule has 1 heterocycles. The fraction of sp³-hybridized carbons (Fsp3) is 0.250. The largest absolute Gasteiger partial charge is 0.449 e. The molecule has 0 bridgehead atoms. The van der Waals surface area contributed by atoms with E-state index in [0.29, 0.717) is 5.56 Å². The molecule has 140 valence electrons. The van der Waals surface area contributed by atoms with Gasteiger partial charge in [0, 0.05) is 5.38 Å². The van der Waals surface area contributed by atoms with E-state index in [2.05, 4.69) is 5.32 Å². The highest BCUT2D eigenvalue weighted by molar-refractivity contribution is 7.91. The summed E-state index contributed by atoms with van der Waals surface area (Å²) in [4.78, 5) is 24.2. The minimum absolute atomic E-state index is 0.00902. The zero-order chi connectivity index (χ0) is 19.5. The second-order valence-corrected chi connectivity index (χ2v) is 8.23. The van der Waals surface area contributed by atoms with E-state index in [1.807, 2.05) is 0 Å². The molecule has 26 heavy (non-hydrogen) atoms. The number of carbonyl (C=O) groups excluding carboxylic acids is 2. The lowest BCUT2D eigenvalue weighted by Gasteiger charge is -2.18.